The predicted octanol–water partition coefficient (Wildman–Crippen LogP) is 6.15. The molecule has 2 aromatic heterocycles. The largest absolute Gasteiger partial charge is 0.417 e. The average molecular weight is 500 g/mol. The number of likely N-dealkylation sites (tertiary alicyclic amines) is 1. The minimum Gasteiger partial charge on any atom is -0.340 e. The zero-order valence-electron chi connectivity index (χ0n) is 18.9. The molecule has 1 N–H and O–H groups in total. The molecule has 1 fully saturated rings. The Bertz CT molecular complexity index is 1440. The third kappa shape index (κ3) is 4.03. The molecule has 1 aliphatic heterocycles. The minimum absolute atomic E-state index is 0.145. The lowest BCUT2D eigenvalue weighted by atomic mass is 9.95. The van der Waals surface area contributed by atoms with Gasteiger partial charge in [-0.15, -0.1) is 0 Å². The summed E-state index contributed by atoms with van der Waals surface area (Å²) < 4.78 is 40.0. The zero-order valence-corrected chi connectivity index (χ0v) is 19.7. The monoisotopic (exact) mass is 499 g/mol. The summed E-state index contributed by atoms with van der Waals surface area (Å²) >= 11 is 5.90. The van der Waals surface area contributed by atoms with Gasteiger partial charge in [0.05, 0.1) is 32.7 Å². The van der Waals surface area contributed by atoms with Crippen LogP contribution in [0.1, 0.15) is 47.1 Å². The molecule has 1 atom stereocenters. The lowest BCUT2D eigenvalue weighted by molar-refractivity contribution is -0.137. The first kappa shape index (κ1) is 23.3. The van der Waals surface area contributed by atoms with Gasteiger partial charge in [-0.05, 0) is 51.0 Å². The van der Waals surface area contributed by atoms with Gasteiger partial charge in [0.2, 0.25) is 0 Å². The molecule has 2 aromatic carbocycles. The number of aryl methyl sites for hydroxylation is 1. The van der Waals surface area contributed by atoms with E-state index in [0.717, 1.165) is 18.1 Å². The molecule has 0 bridgehead atoms. The van der Waals surface area contributed by atoms with Crippen LogP contribution in [0.25, 0.3) is 22.4 Å². The summed E-state index contributed by atoms with van der Waals surface area (Å²) in [7, 11) is 0. The van der Waals surface area contributed by atoms with E-state index < -0.39 is 22.3 Å². The van der Waals surface area contributed by atoms with Gasteiger partial charge < -0.3 is 9.88 Å². The number of aromatic amines is 1. The van der Waals surface area contributed by atoms with Crippen LogP contribution in [-0.2, 0) is 11.7 Å². The molecule has 4 aromatic rings. The smallest absolute Gasteiger partial charge is 0.340 e. The van der Waals surface area contributed by atoms with E-state index >= 15 is 0 Å². The van der Waals surface area contributed by atoms with Crippen LogP contribution in [0.2, 0.25) is 5.02 Å². The van der Waals surface area contributed by atoms with E-state index in [1.807, 2.05) is 26.0 Å². The first-order valence-corrected chi connectivity index (χ1v) is 11.4. The number of aromatic nitrogens is 4. The molecule has 35 heavy (non-hydrogen) atoms. The maximum atomic E-state index is 13.9. The third-order valence-electron chi connectivity index (χ3n) is 6.48. The van der Waals surface area contributed by atoms with Crippen molar-refractivity contribution in [3.63, 3.8) is 0 Å². The average Bonchev–Trinajstić information content (AvgIpc) is 3.42. The van der Waals surface area contributed by atoms with Crippen LogP contribution in [0.3, 0.4) is 0 Å². The highest BCUT2D eigenvalue weighted by Gasteiger charge is 2.44. The standard InChI is InChI=1S/C25H21ClF3N5O/c1-14-5-6-15(21-30-8-4-9-31-21)16(11-14)22(35)34-10-3-7-24(34,2)23-32-19-12-17(25(27,28)29)18(26)13-20(19)33-23/h4-6,8-9,11-13H,3,7,10H2,1-2H3,(H,32,33)/t24-/m0/s1. The van der Waals surface area contributed by atoms with Gasteiger partial charge in [-0.1, -0.05) is 29.3 Å². The Morgan fingerprint density at radius 1 is 1.17 bits per heavy atom. The van der Waals surface area contributed by atoms with E-state index in [4.69, 9.17) is 11.6 Å². The number of carbonyl (C=O) groups is 1. The normalized spacial score (nSPS) is 18.4. The number of nitrogens with one attached hydrogen (secondary N) is 1. The lowest BCUT2D eigenvalue weighted by Gasteiger charge is -2.34. The maximum absolute atomic E-state index is 13.9. The fourth-order valence-electron chi connectivity index (χ4n) is 4.65. The number of benzene rings is 2. The van der Waals surface area contributed by atoms with Gasteiger partial charge >= 0.3 is 6.18 Å². The Hall–Kier alpha value is -3.46. The Balaban J connectivity index is 1.57. The number of hydrogen-bond donors (Lipinski definition) is 1. The fraction of sp³-hybridized carbons (Fsp3) is 0.280. The number of H-pyrrole nitrogens is 1. The maximum Gasteiger partial charge on any atom is 0.417 e. The molecule has 0 radical (unpaired) electrons. The number of nitrogens with zero attached hydrogens (tertiary/aromatic N) is 4. The van der Waals surface area contributed by atoms with E-state index in [0.29, 0.717) is 41.3 Å². The van der Waals surface area contributed by atoms with Gasteiger partial charge in [0.15, 0.2) is 5.82 Å². The van der Waals surface area contributed by atoms with Crippen molar-refractivity contribution in [2.24, 2.45) is 0 Å². The number of carbonyl (C=O) groups excluding carboxylic acids is 1. The predicted molar refractivity (Wildman–Crippen MR) is 126 cm³/mol. The first-order chi connectivity index (χ1) is 16.6. The summed E-state index contributed by atoms with van der Waals surface area (Å²) in [4.78, 5) is 31.8. The van der Waals surface area contributed by atoms with E-state index in [2.05, 4.69) is 19.9 Å². The Labute approximate surface area is 204 Å². The van der Waals surface area contributed by atoms with Gasteiger partial charge in [0.1, 0.15) is 5.82 Å². The van der Waals surface area contributed by atoms with Gasteiger partial charge in [-0.3, -0.25) is 4.79 Å². The van der Waals surface area contributed by atoms with Crippen molar-refractivity contribution in [3.8, 4) is 11.4 Å². The van der Waals surface area contributed by atoms with E-state index in [-0.39, 0.29) is 11.4 Å². The van der Waals surface area contributed by atoms with Crippen LogP contribution in [0, 0.1) is 6.92 Å². The van der Waals surface area contributed by atoms with Crippen LogP contribution in [0.5, 0.6) is 0 Å². The third-order valence-corrected chi connectivity index (χ3v) is 6.80. The molecule has 0 spiro atoms. The van der Waals surface area contributed by atoms with Gasteiger partial charge in [-0.25, -0.2) is 15.0 Å². The molecular weight excluding hydrogens is 479 g/mol. The van der Waals surface area contributed by atoms with Crippen LogP contribution in [-0.4, -0.2) is 37.3 Å². The topological polar surface area (TPSA) is 74.8 Å². The number of halogens is 4. The number of alkyl halides is 3. The summed E-state index contributed by atoms with van der Waals surface area (Å²) in [5.74, 6) is 0.638. The number of hydrogen-bond acceptors (Lipinski definition) is 4. The molecule has 1 aliphatic rings. The molecule has 3 heterocycles. The Morgan fingerprint density at radius 2 is 1.91 bits per heavy atom. The molecule has 180 valence electrons. The van der Waals surface area contributed by atoms with Crippen molar-refractivity contribution >= 4 is 28.5 Å². The molecule has 10 heteroatoms. The van der Waals surface area contributed by atoms with Gasteiger partial charge in [0, 0.05) is 24.5 Å². The summed E-state index contributed by atoms with van der Waals surface area (Å²) in [6, 6.07) is 9.40. The number of rotatable bonds is 3. The molecule has 1 amide bonds. The number of fused-ring (bicyclic) bond motifs is 1. The number of imidazole rings is 1. The second kappa shape index (κ2) is 8.34. The Morgan fingerprint density at radius 3 is 2.63 bits per heavy atom. The van der Waals surface area contributed by atoms with E-state index in [1.54, 1.807) is 29.4 Å². The van der Waals surface area contributed by atoms with Crippen LogP contribution >= 0.6 is 11.6 Å². The van der Waals surface area contributed by atoms with Gasteiger partial charge in [-0.2, -0.15) is 13.2 Å². The quantitative estimate of drug-likeness (QED) is 0.367. The highest BCUT2D eigenvalue weighted by atomic mass is 35.5. The molecule has 6 nitrogen and oxygen atoms in total. The SMILES string of the molecule is Cc1ccc(-c2ncccn2)c(C(=O)N2CCC[C@@]2(C)c2nc3cc(C(F)(F)F)c(Cl)cc3[nH]2)c1. The summed E-state index contributed by atoms with van der Waals surface area (Å²) in [5, 5.41) is -0.406. The molecule has 1 saturated heterocycles. The van der Waals surface area contributed by atoms with Crippen molar-refractivity contribution in [3.05, 3.63) is 76.3 Å². The van der Waals surface area contributed by atoms with E-state index in [9.17, 15) is 18.0 Å². The highest BCUT2D eigenvalue weighted by Crippen LogP contribution is 2.41. The molecule has 0 saturated carbocycles. The van der Waals surface area contributed by atoms with Crippen molar-refractivity contribution in [1.82, 2.24) is 24.8 Å². The Kier molecular flexibility index (Phi) is 5.55. The highest BCUT2D eigenvalue weighted by molar-refractivity contribution is 6.32. The molecule has 5 rings (SSSR count). The molecule has 0 aliphatic carbocycles. The summed E-state index contributed by atoms with van der Waals surface area (Å²) in [6.45, 7) is 4.25. The van der Waals surface area contributed by atoms with Crippen molar-refractivity contribution in [2.75, 3.05) is 6.54 Å². The number of amides is 1. The molecular formula is C25H21ClF3N5O. The van der Waals surface area contributed by atoms with Crippen LogP contribution < -0.4 is 0 Å². The van der Waals surface area contributed by atoms with Gasteiger partial charge in [0.25, 0.3) is 5.91 Å². The summed E-state index contributed by atoms with van der Waals surface area (Å²) in [6.07, 6.45) is -0.0424. The second-order valence-corrected chi connectivity index (χ2v) is 9.30. The van der Waals surface area contributed by atoms with Crippen molar-refractivity contribution in [1.29, 1.82) is 0 Å². The summed E-state index contributed by atoms with van der Waals surface area (Å²) in [5.41, 5.74) is 0.719. The van der Waals surface area contributed by atoms with Crippen LogP contribution in [0.4, 0.5) is 13.2 Å². The zero-order chi connectivity index (χ0) is 25.0. The van der Waals surface area contributed by atoms with Crippen molar-refractivity contribution < 1.29 is 18.0 Å². The first-order valence-electron chi connectivity index (χ1n) is 11.0. The second-order valence-electron chi connectivity index (χ2n) is 8.89. The van der Waals surface area contributed by atoms with Crippen LogP contribution in [0.15, 0.2) is 48.8 Å². The van der Waals surface area contributed by atoms with E-state index in [1.165, 1.54) is 6.07 Å². The minimum atomic E-state index is -4.59. The fourth-order valence-corrected chi connectivity index (χ4v) is 4.92. The molecule has 0 unspecified atom stereocenters. The van der Waals surface area contributed by atoms with Crippen molar-refractivity contribution in [2.45, 2.75) is 38.4 Å². The lowest BCUT2D eigenvalue weighted by Crippen LogP contribution is -2.43.